The van der Waals surface area contributed by atoms with E-state index in [9.17, 15) is 9.90 Å². The summed E-state index contributed by atoms with van der Waals surface area (Å²) in [5, 5.41) is 13.0. The predicted molar refractivity (Wildman–Crippen MR) is 82.1 cm³/mol. The molecule has 2 N–H and O–H groups in total. The van der Waals surface area contributed by atoms with Gasteiger partial charge in [0.1, 0.15) is 0 Å². The van der Waals surface area contributed by atoms with E-state index >= 15 is 0 Å². The molecule has 0 bridgehead atoms. The number of hydrogen-bond donors (Lipinski definition) is 2. The first-order valence-corrected chi connectivity index (χ1v) is 7.68. The van der Waals surface area contributed by atoms with E-state index in [1.165, 1.54) is 0 Å². The van der Waals surface area contributed by atoms with Gasteiger partial charge in [-0.15, -0.1) is 0 Å². The molecule has 0 spiro atoms. The molecule has 1 amide bonds. The van der Waals surface area contributed by atoms with Gasteiger partial charge in [0.25, 0.3) is 0 Å². The van der Waals surface area contributed by atoms with Crippen molar-refractivity contribution >= 4 is 5.91 Å². The average molecular weight is 301 g/mol. The molecule has 0 aromatic rings. The van der Waals surface area contributed by atoms with Crippen molar-refractivity contribution in [3.05, 3.63) is 0 Å². The van der Waals surface area contributed by atoms with Crippen LogP contribution in [0.5, 0.6) is 0 Å². The van der Waals surface area contributed by atoms with Crippen LogP contribution in [0.4, 0.5) is 0 Å². The molecule has 1 saturated carbocycles. The van der Waals surface area contributed by atoms with E-state index in [4.69, 9.17) is 9.47 Å². The van der Waals surface area contributed by atoms with Crippen LogP contribution in [0.2, 0.25) is 0 Å². The molecule has 21 heavy (non-hydrogen) atoms. The zero-order chi connectivity index (χ0) is 16.3. The molecule has 1 rings (SSSR count). The van der Waals surface area contributed by atoms with Crippen LogP contribution in [0.3, 0.4) is 0 Å². The summed E-state index contributed by atoms with van der Waals surface area (Å²) in [6, 6.07) is 0. The molecular formula is C16H31NO4. The Hall–Kier alpha value is -0.650. The summed E-state index contributed by atoms with van der Waals surface area (Å²) in [4.78, 5) is 12.5. The Morgan fingerprint density at radius 2 is 1.71 bits per heavy atom. The van der Waals surface area contributed by atoms with Crippen molar-refractivity contribution in [3.63, 3.8) is 0 Å². The van der Waals surface area contributed by atoms with Crippen molar-refractivity contribution in [2.75, 3.05) is 14.2 Å². The summed E-state index contributed by atoms with van der Waals surface area (Å²) in [5.41, 5.74) is -1.24. The Kier molecular flexibility index (Phi) is 6.20. The highest BCUT2D eigenvalue weighted by atomic mass is 16.5. The summed E-state index contributed by atoms with van der Waals surface area (Å²) in [6.07, 6.45) is 2.87. The van der Waals surface area contributed by atoms with Crippen LogP contribution in [-0.2, 0) is 14.3 Å². The Balaban J connectivity index is 2.60. The minimum absolute atomic E-state index is 0.0307. The molecule has 1 aliphatic rings. The predicted octanol–water partition coefficient (Wildman–Crippen LogP) is 1.87. The molecule has 1 fully saturated rings. The third-order valence-corrected chi connectivity index (χ3v) is 4.04. The van der Waals surface area contributed by atoms with Gasteiger partial charge in [0.15, 0.2) is 0 Å². The standard InChI is InChI=1S/C16H31NO4/c1-15(2,10-16(3,4)19)17-14(18)11-7-8-12(20-5)13(9-11)21-6/h11-13,19H,7-10H2,1-6H3,(H,17,18). The van der Waals surface area contributed by atoms with E-state index in [-0.39, 0.29) is 24.0 Å². The van der Waals surface area contributed by atoms with E-state index in [0.717, 1.165) is 12.8 Å². The lowest BCUT2D eigenvalue weighted by Gasteiger charge is -2.37. The van der Waals surface area contributed by atoms with E-state index < -0.39 is 11.1 Å². The molecule has 0 saturated heterocycles. The van der Waals surface area contributed by atoms with Crippen molar-refractivity contribution in [2.24, 2.45) is 5.92 Å². The Morgan fingerprint density at radius 3 is 2.19 bits per heavy atom. The van der Waals surface area contributed by atoms with E-state index in [1.54, 1.807) is 28.1 Å². The summed E-state index contributed by atoms with van der Waals surface area (Å²) < 4.78 is 10.8. The normalized spacial score (nSPS) is 27.5. The van der Waals surface area contributed by atoms with Gasteiger partial charge in [0, 0.05) is 25.7 Å². The Labute approximate surface area is 128 Å². The summed E-state index contributed by atoms with van der Waals surface area (Å²) in [7, 11) is 3.35. The van der Waals surface area contributed by atoms with Crippen molar-refractivity contribution in [2.45, 2.75) is 76.7 Å². The lowest BCUT2D eigenvalue weighted by Crippen LogP contribution is -2.51. The van der Waals surface area contributed by atoms with Gasteiger partial charge in [-0.1, -0.05) is 0 Å². The van der Waals surface area contributed by atoms with Crippen molar-refractivity contribution < 1.29 is 19.4 Å². The molecule has 5 nitrogen and oxygen atoms in total. The first-order valence-electron chi connectivity index (χ1n) is 7.68. The van der Waals surface area contributed by atoms with Gasteiger partial charge in [0.2, 0.25) is 5.91 Å². The highest BCUT2D eigenvalue weighted by molar-refractivity contribution is 5.79. The molecule has 1 aliphatic carbocycles. The van der Waals surface area contributed by atoms with Crippen LogP contribution < -0.4 is 5.32 Å². The maximum Gasteiger partial charge on any atom is 0.223 e. The topological polar surface area (TPSA) is 67.8 Å². The number of amides is 1. The zero-order valence-corrected chi connectivity index (χ0v) is 14.2. The maximum absolute atomic E-state index is 12.5. The fourth-order valence-corrected chi connectivity index (χ4v) is 3.42. The van der Waals surface area contributed by atoms with E-state index in [1.807, 2.05) is 13.8 Å². The van der Waals surface area contributed by atoms with Crippen molar-refractivity contribution in [1.29, 1.82) is 0 Å². The molecule has 0 aliphatic heterocycles. The number of aliphatic hydroxyl groups is 1. The molecule has 3 unspecified atom stereocenters. The largest absolute Gasteiger partial charge is 0.390 e. The highest BCUT2D eigenvalue weighted by Crippen LogP contribution is 2.29. The number of nitrogens with one attached hydrogen (secondary N) is 1. The second-order valence-electron chi connectivity index (χ2n) is 7.42. The van der Waals surface area contributed by atoms with Gasteiger partial charge in [-0.2, -0.15) is 0 Å². The summed E-state index contributed by atoms with van der Waals surface area (Å²) >= 11 is 0. The van der Waals surface area contributed by atoms with Crippen LogP contribution in [-0.4, -0.2) is 48.6 Å². The SMILES string of the molecule is COC1CCC(C(=O)NC(C)(C)CC(C)(C)O)CC1OC. The van der Waals surface area contributed by atoms with Gasteiger partial charge >= 0.3 is 0 Å². The van der Waals surface area contributed by atoms with E-state index in [0.29, 0.717) is 12.8 Å². The summed E-state index contributed by atoms with van der Waals surface area (Å²) in [6.45, 7) is 7.40. The van der Waals surface area contributed by atoms with Crippen LogP contribution in [0.25, 0.3) is 0 Å². The van der Waals surface area contributed by atoms with Gasteiger partial charge in [-0.25, -0.2) is 0 Å². The quantitative estimate of drug-likeness (QED) is 0.786. The van der Waals surface area contributed by atoms with Gasteiger partial charge in [-0.3, -0.25) is 4.79 Å². The first kappa shape index (κ1) is 18.4. The number of ether oxygens (including phenoxy) is 2. The Morgan fingerprint density at radius 1 is 1.14 bits per heavy atom. The molecule has 5 heteroatoms. The second-order valence-corrected chi connectivity index (χ2v) is 7.42. The van der Waals surface area contributed by atoms with Gasteiger partial charge < -0.3 is 19.9 Å². The smallest absolute Gasteiger partial charge is 0.223 e. The molecule has 124 valence electrons. The number of methoxy groups -OCH3 is 2. The molecular weight excluding hydrogens is 270 g/mol. The second kappa shape index (κ2) is 7.07. The number of carbonyl (C=O) groups excluding carboxylic acids is 1. The number of rotatable bonds is 6. The third-order valence-electron chi connectivity index (χ3n) is 4.04. The maximum atomic E-state index is 12.5. The minimum atomic E-state index is -0.806. The fourth-order valence-electron chi connectivity index (χ4n) is 3.42. The van der Waals surface area contributed by atoms with Gasteiger partial charge in [-0.05, 0) is 53.4 Å². The minimum Gasteiger partial charge on any atom is -0.390 e. The number of carbonyl (C=O) groups is 1. The summed E-state index contributed by atoms with van der Waals surface area (Å²) in [5.74, 6) is -0.0108. The third kappa shape index (κ3) is 5.93. The van der Waals surface area contributed by atoms with Gasteiger partial charge in [0.05, 0.1) is 17.8 Å². The van der Waals surface area contributed by atoms with Crippen LogP contribution >= 0.6 is 0 Å². The first-order chi connectivity index (χ1) is 9.58. The molecule has 3 atom stereocenters. The van der Waals surface area contributed by atoms with E-state index in [2.05, 4.69) is 5.32 Å². The average Bonchev–Trinajstić information content (AvgIpc) is 2.34. The highest BCUT2D eigenvalue weighted by Gasteiger charge is 2.36. The number of hydrogen-bond acceptors (Lipinski definition) is 4. The van der Waals surface area contributed by atoms with Crippen LogP contribution in [0.15, 0.2) is 0 Å². The lowest BCUT2D eigenvalue weighted by molar-refractivity contribution is -0.133. The lowest BCUT2D eigenvalue weighted by atomic mass is 9.83. The van der Waals surface area contributed by atoms with Crippen LogP contribution in [0.1, 0.15) is 53.4 Å². The Bertz CT molecular complexity index is 349. The molecule has 0 aromatic heterocycles. The monoisotopic (exact) mass is 301 g/mol. The zero-order valence-electron chi connectivity index (χ0n) is 14.2. The van der Waals surface area contributed by atoms with Crippen LogP contribution in [0, 0.1) is 5.92 Å². The molecule has 0 radical (unpaired) electrons. The molecule has 0 aromatic carbocycles. The molecule has 0 heterocycles. The fraction of sp³-hybridized carbons (Fsp3) is 0.938. The van der Waals surface area contributed by atoms with Crippen molar-refractivity contribution in [3.8, 4) is 0 Å². The van der Waals surface area contributed by atoms with Crippen molar-refractivity contribution in [1.82, 2.24) is 5.32 Å².